The van der Waals surface area contributed by atoms with Crippen LogP contribution in [-0.2, 0) is 16.3 Å². The summed E-state index contributed by atoms with van der Waals surface area (Å²) in [6, 6.07) is 6.59. The summed E-state index contributed by atoms with van der Waals surface area (Å²) >= 11 is 0. The molecule has 116 valence electrons. The van der Waals surface area contributed by atoms with E-state index in [-0.39, 0.29) is 17.8 Å². The molecule has 2 aliphatic rings. The van der Waals surface area contributed by atoms with Crippen LogP contribution in [-0.4, -0.2) is 33.1 Å². The predicted molar refractivity (Wildman–Crippen MR) is 83.5 cm³/mol. The number of benzene rings is 1. The number of aryl methyl sites for hydroxylation is 1. The van der Waals surface area contributed by atoms with Crippen molar-refractivity contribution >= 4 is 9.84 Å². The number of hydrogen-bond donors (Lipinski definition) is 1. The third-order valence-corrected chi connectivity index (χ3v) is 6.39. The third kappa shape index (κ3) is 3.40. The Labute approximate surface area is 126 Å². The van der Waals surface area contributed by atoms with E-state index in [1.807, 2.05) is 6.07 Å². The Balaban J connectivity index is 1.78. The second kappa shape index (κ2) is 5.97. The summed E-state index contributed by atoms with van der Waals surface area (Å²) in [5.41, 5.74) is 2.64. The van der Waals surface area contributed by atoms with Gasteiger partial charge in [-0.05, 0) is 55.4 Å². The van der Waals surface area contributed by atoms with E-state index >= 15 is 0 Å². The number of methoxy groups -OCH3 is 1. The molecule has 0 spiro atoms. The molecule has 1 aliphatic carbocycles. The largest absolute Gasteiger partial charge is 0.497 e. The van der Waals surface area contributed by atoms with Crippen molar-refractivity contribution in [1.29, 1.82) is 0 Å². The normalized spacial score (nSPS) is 27.9. The minimum absolute atomic E-state index is 0.0888. The van der Waals surface area contributed by atoms with E-state index in [9.17, 15) is 8.42 Å². The summed E-state index contributed by atoms with van der Waals surface area (Å²) in [4.78, 5) is 0. The minimum atomic E-state index is -2.86. The van der Waals surface area contributed by atoms with Crippen LogP contribution in [0, 0.1) is 0 Å². The van der Waals surface area contributed by atoms with Gasteiger partial charge in [-0.15, -0.1) is 0 Å². The van der Waals surface area contributed by atoms with Crippen LogP contribution in [0.15, 0.2) is 18.2 Å². The van der Waals surface area contributed by atoms with E-state index in [0.29, 0.717) is 5.75 Å². The fourth-order valence-corrected chi connectivity index (χ4v) is 5.17. The first-order chi connectivity index (χ1) is 10.1. The molecule has 1 aromatic carbocycles. The van der Waals surface area contributed by atoms with Gasteiger partial charge in [-0.2, -0.15) is 0 Å². The summed E-state index contributed by atoms with van der Waals surface area (Å²) in [6.45, 7) is 0. The molecule has 0 amide bonds. The van der Waals surface area contributed by atoms with Gasteiger partial charge in [0.1, 0.15) is 5.75 Å². The van der Waals surface area contributed by atoms with Crippen molar-refractivity contribution in [2.45, 2.75) is 44.2 Å². The van der Waals surface area contributed by atoms with Gasteiger partial charge in [0.15, 0.2) is 9.84 Å². The average molecular weight is 309 g/mol. The first-order valence-corrected chi connectivity index (χ1v) is 9.53. The van der Waals surface area contributed by atoms with Crippen LogP contribution in [0.1, 0.15) is 42.9 Å². The summed E-state index contributed by atoms with van der Waals surface area (Å²) in [7, 11) is -1.18. The smallest absolute Gasteiger partial charge is 0.151 e. The Morgan fingerprint density at radius 2 is 2.10 bits per heavy atom. The van der Waals surface area contributed by atoms with Gasteiger partial charge in [-0.25, -0.2) is 8.42 Å². The molecule has 0 aromatic heterocycles. The van der Waals surface area contributed by atoms with Crippen molar-refractivity contribution in [3.63, 3.8) is 0 Å². The summed E-state index contributed by atoms with van der Waals surface area (Å²) in [5, 5.41) is 3.59. The molecular formula is C16H23NO3S. The maximum atomic E-state index is 11.8. The molecule has 21 heavy (non-hydrogen) atoms. The molecule has 1 aromatic rings. The molecule has 4 nitrogen and oxygen atoms in total. The third-order valence-electron chi connectivity index (χ3n) is 4.57. The van der Waals surface area contributed by atoms with Crippen molar-refractivity contribution in [3.05, 3.63) is 29.3 Å². The van der Waals surface area contributed by atoms with E-state index in [4.69, 9.17) is 4.74 Å². The Morgan fingerprint density at radius 1 is 1.24 bits per heavy atom. The van der Waals surface area contributed by atoms with Gasteiger partial charge in [0.2, 0.25) is 0 Å². The van der Waals surface area contributed by atoms with E-state index < -0.39 is 9.84 Å². The quantitative estimate of drug-likeness (QED) is 0.930. The van der Waals surface area contributed by atoms with Crippen molar-refractivity contribution < 1.29 is 13.2 Å². The molecular weight excluding hydrogens is 286 g/mol. The highest BCUT2D eigenvalue weighted by atomic mass is 32.2. The molecule has 3 rings (SSSR count). The predicted octanol–water partition coefficient (Wildman–Crippen LogP) is 2.24. The zero-order valence-corrected chi connectivity index (χ0v) is 13.3. The van der Waals surface area contributed by atoms with Gasteiger partial charge in [0, 0.05) is 12.1 Å². The Hall–Kier alpha value is -1.07. The molecule has 1 saturated heterocycles. The second-order valence-corrected chi connectivity index (χ2v) is 8.36. The van der Waals surface area contributed by atoms with Crippen molar-refractivity contribution in [1.82, 2.24) is 5.32 Å². The lowest BCUT2D eigenvalue weighted by Gasteiger charge is -2.32. The van der Waals surface area contributed by atoms with Gasteiger partial charge in [-0.3, -0.25) is 0 Å². The number of nitrogens with one attached hydrogen (secondary N) is 1. The number of hydrogen-bond acceptors (Lipinski definition) is 4. The van der Waals surface area contributed by atoms with Gasteiger partial charge >= 0.3 is 0 Å². The number of rotatable bonds is 3. The van der Waals surface area contributed by atoms with Crippen LogP contribution in [0.25, 0.3) is 0 Å². The molecule has 2 atom stereocenters. The molecule has 1 heterocycles. The van der Waals surface area contributed by atoms with Gasteiger partial charge in [0.05, 0.1) is 18.6 Å². The molecule has 1 fully saturated rings. The zero-order valence-electron chi connectivity index (χ0n) is 12.5. The van der Waals surface area contributed by atoms with Crippen LogP contribution in [0.3, 0.4) is 0 Å². The standard InChI is InChI=1S/C16H23NO3S/c1-20-14-8-7-12-4-2-6-16(15(12)10-14)17-13-5-3-9-21(18,19)11-13/h7-8,10,13,16-17H,2-6,9,11H2,1H3. The van der Waals surface area contributed by atoms with Crippen LogP contribution in [0.4, 0.5) is 0 Å². The lowest BCUT2D eigenvalue weighted by Crippen LogP contribution is -2.42. The van der Waals surface area contributed by atoms with E-state index in [1.165, 1.54) is 11.1 Å². The molecule has 0 radical (unpaired) electrons. The Bertz CT molecular complexity index is 612. The summed E-state index contributed by atoms with van der Waals surface area (Å²) in [5.74, 6) is 1.50. The first-order valence-electron chi connectivity index (χ1n) is 7.71. The van der Waals surface area contributed by atoms with Crippen molar-refractivity contribution in [2.75, 3.05) is 18.6 Å². The highest BCUT2D eigenvalue weighted by molar-refractivity contribution is 7.91. The fourth-order valence-electron chi connectivity index (χ4n) is 3.52. The molecule has 0 bridgehead atoms. The van der Waals surface area contributed by atoms with Gasteiger partial charge < -0.3 is 10.1 Å². The molecule has 1 N–H and O–H groups in total. The van der Waals surface area contributed by atoms with Gasteiger partial charge in [0.25, 0.3) is 0 Å². The minimum Gasteiger partial charge on any atom is -0.497 e. The highest BCUT2D eigenvalue weighted by Gasteiger charge is 2.28. The Morgan fingerprint density at radius 3 is 2.86 bits per heavy atom. The van der Waals surface area contributed by atoms with Crippen LogP contribution in [0.2, 0.25) is 0 Å². The average Bonchev–Trinajstić information content (AvgIpc) is 2.46. The monoisotopic (exact) mass is 309 g/mol. The molecule has 2 unspecified atom stereocenters. The lowest BCUT2D eigenvalue weighted by atomic mass is 9.87. The fraction of sp³-hybridized carbons (Fsp3) is 0.625. The highest BCUT2D eigenvalue weighted by Crippen LogP contribution is 2.33. The summed E-state index contributed by atoms with van der Waals surface area (Å²) < 4.78 is 28.9. The number of fused-ring (bicyclic) bond motifs is 1. The van der Waals surface area contributed by atoms with Crippen LogP contribution >= 0.6 is 0 Å². The maximum Gasteiger partial charge on any atom is 0.151 e. The summed E-state index contributed by atoms with van der Waals surface area (Å²) in [6.07, 6.45) is 5.04. The number of ether oxygens (including phenoxy) is 1. The molecule has 1 aliphatic heterocycles. The number of sulfone groups is 1. The van der Waals surface area contributed by atoms with E-state index in [2.05, 4.69) is 17.4 Å². The van der Waals surface area contributed by atoms with Crippen LogP contribution < -0.4 is 10.1 Å². The first kappa shape index (κ1) is 14.9. The van der Waals surface area contributed by atoms with Crippen molar-refractivity contribution in [3.8, 4) is 5.75 Å². The van der Waals surface area contributed by atoms with Gasteiger partial charge in [-0.1, -0.05) is 6.07 Å². The lowest BCUT2D eigenvalue weighted by molar-refractivity contribution is 0.381. The molecule has 0 saturated carbocycles. The topological polar surface area (TPSA) is 55.4 Å². The van der Waals surface area contributed by atoms with E-state index in [0.717, 1.165) is 37.9 Å². The zero-order chi connectivity index (χ0) is 14.9. The SMILES string of the molecule is COc1ccc2c(c1)C(NC1CCCS(=O)(=O)C1)CCC2. The molecule has 5 heteroatoms. The van der Waals surface area contributed by atoms with Crippen LogP contribution in [0.5, 0.6) is 5.75 Å². The van der Waals surface area contributed by atoms with E-state index in [1.54, 1.807) is 7.11 Å². The maximum absolute atomic E-state index is 11.8. The second-order valence-electron chi connectivity index (χ2n) is 6.13. The Kier molecular flexibility index (Phi) is 4.22. The van der Waals surface area contributed by atoms with Crippen molar-refractivity contribution in [2.24, 2.45) is 0 Å².